The first-order chi connectivity index (χ1) is 9.11. The zero-order valence-corrected chi connectivity index (χ0v) is 11.5. The molecule has 3 amide bonds. The zero-order valence-electron chi connectivity index (χ0n) is 10.7. The molecule has 6 heteroatoms. The third kappa shape index (κ3) is 6.67. The summed E-state index contributed by atoms with van der Waals surface area (Å²) in [5.41, 5.74) is 0. The molecule has 0 spiro atoms. The SMILES string of the molecule is CCCCNC(=O)NC(=O)COc1ccc(Cl)cc1. The molecule has 104 valence electrons. The third-order valence-electron chi connectivity index (χ3n) is 2.25. The maximum atomic E-state index is 11.4. The van der Waals surface area contributed by atoms with Crippen molar-refractivity contribution >= 4 is 23.5 Å². The number of hydrogen-bond donors (Lipinski definition) is 2. The van der Waals surface area contributed by atoms with Gasteiger partial charge in [-0.05, 0) is 30.7 Å². The first-order valence-electron chi connectivity index (χ1n) is 6.08. The van der Waals surface area contributed by atoms with Crippen molar-refractivity contribution in [3.63, 3.8) is 0 Å². The molecule has 5 nitrogen and oxygen atoms in total. The molecule has 1 aromatic carbocycles. The molecule has 0 aliphatic carbocycles. The van der Waals surface area contributed by atoms with E-state index in [4.69, 9.17) is 16.3 Å². The van der Waals surface area contributed by atoms with Gasteiger partial charge < -0.3 is 10.1 Å². The van der Waals surface area contributed by atoms with Crippen molar-refractivity contribution in [2.45, 2.75) is 19.8 Å². The minimum absolute atomic E-state index is 0.219. The van der Waals surface area contributed by atoms with Gasteiger partial charge in [-0.3, -0.25) is 10.1 Å². The molecular formula is C13H17ClN2O3. The van der Waals surface area contributed by atoms with E-state index in [0.29, 0.717) is 17.3 Å². The second-order valence-corrected chi connectivity index (χ2v) is 4.34. The van der Waals surface area contributed by atoms with Crippen molar-refractivity contribution < 1.29 is 14.3 Å². The number of ether oxygens (including phenoxy) is 1. The highest BCUT2D eigenvalue weighted by molar-refractivity contribution is 6.30. The summed E-state index contributed by atoms with van der Waals surface area (Å²) in [4.78, 5) is 22.7. The van der Waals surface area contributed by atoms with Crippen LogP contribution in [0, 0.1) is 0 Å². The Balaban J connectivity index is 2.24. The molecule has 1 rings (SSSR count). The average molecular weight is 285 g/mol. The molecule has 19 heavy (non-hydrogen) atoms. The molecule has 0 unspecified atom stereocenters. The maximum absolute atomic E-state index is 11.4. The fourth-order valence-electron chi connectivity index (χ4n) is 1.27. The van der Waals surface area contributed by atoms with Crippen molar-refractivity contribution in [3.8, 4) is 5.75 Å². The Hall–Kier alpha value is -1.75. The van der Waals surface area contributed by atoms with Crippen LogP contribution in [-0.4, -0.2) is 25.1 Å². The largest absolute Gasteiger partial charge is 0.484 e. The van der Waals surface area contributed by atoms with Gasteiger partial charge in [-0.2, -0.15) is 0 Å². The van der Waals surface area contributed by atoms with Gasteiger partial charge in [-0.1, -0.05) is 24.9 Å². The highest BCUT2D eigenvalue weighted by Crippen LogP contribution is 2.15. The van der Waals surface area contributed by atoms with Gasteiger partial charge >= 0.3 is 6.03 Å². The summed E-state index contributed by atoms with van der Waals surface area (Å²) in [5, 5.41) is 5.35. The van der Waals surface area contributed by atoms with Crippen LogP contribution in [0.1, 0.15) is 19.8 Å². The van der Waals surface area contributed by atoms with Crippen LogP contribution in [0.2, 0.25) is 5.02 Å². The predicted octanol–water partition coefficient (Wildman–Crippen LogP) is 2.34. The Morgan fingerprint density at radius 1 is 1.26 bits per heavy atom. The lowest BCUT2D eigenvalue weighted by Gasteiger charge is -2.07. The second-order valence-electron chi connectivity index (χ2n) is 3.90. The van der Waals surface area contributed by atoms with Crippen molar-refractivity contribution in [1.29, 1.82) is 0 Å². The molecular weight excluding hydrogens is 268 g/mol. The van der Waals surface area contributed by atoms with Crippen LogP contribution in [0.15, 0.2) is 24.3 Å². The van der Waals surface area contributed by atoms with Crippen LogP contribution in [-0.2, 0) is 4.79 Å². The van der Waals surface area contributed by atoms with Crippen molar-refractivity contribution in [3.05, 3.63) is 29.3 Å². The van der Waals surface area contributed by atoms with E-state index in [9.17, 15) is 9.59 Å². The molecule has 0 radical (unpaired) electrons. The lowest BCUT2D eigenvalue weighted by atomic mass is 10.3. The van der Waals surface area contributed by atoms with Crippen molar-refractivity contribution in [1.82, 2.24) is 10.6 Å². The molecule has 0 bridgehead atoms. The topological polar surface area (TPSA) is 67.4 Å². The number of urea groups is 1. The molecule has 0 fully saturated rings. The fourth-order valence-corrected chi connectivity index (χ4v) is 1.39. The molecule has 0 heterocycles. The summed E-state index contributed by atoms with van der Waals surface area (Å²) >= 11 is 5.72. The zero-order chi connectivity index (χ0) is 14.1. The minimum Gasteiger partial charge on any atom is -0.484 e. The summed E-state index contributed by atoms with van der Waals surface area (Å²) in [5.74, 6) is 0.0230. The Labute approximate surface area is 117 Å². The fraction of sp³-hybridized carbons (Fsp3) is 0.385. The van der Waals surface area contributed by atoms with E-state index in [1.807, 2.05) is 6.92 Å². The van der Waals surface area contributed by atoms with Gasteiger partial charge in [0, 0.05) is 11.6 Å². The number of carbonyl (C=O) groups excluding carboxylic acids is 2. The summed E-state index contributed by atoms with van der Waals surface area (Å²) in [6.07, 6.45) is 1.86. The monoisotopic (exact) mass is 284 g/mol. The van der Waals surface area contributed by atoms with E-state index in [2.05, 4.69) is 10.6 Å². The maximum Gasteiger partial charge on any atom is 0.321 e. The quantitative estimate of drug-likeness (QED) is 0.788. The molecule has 0 aliphatic heterocycles. The van der Waals surface area contributed by atoms with Crippen LogP contribution < -0.4 is 15.4 Å². The lowest BCUT2D eigenvalue weighted by Crippen LogP contribution is -2.41. The molecule has 2 N–H and O–H groups in total. The van der Waals surface area contributed by atoms with E-state index in [0.717, 1.165) is 12.8 Å². The van der Waals surface area contributed by atoms with Crippen LogP contribution in [0.5, 0.6) is 5.75 Å². The Bertz CT molecular complexity index is 420. The number of carbonyl (C=O) groups is 2. The smallest absolute Gasteiger partial charge is 0.321 e. The molecule has 0 aromatic heterocycles. The van der Waals surface area contributed by atoms with Crippen molar-refractivity contribution in [2.75, 3.05) is 13.2 Å². The number of nitrogens with one attached hydrogen (secondary N) is 2. The molecule has 1 aromatic rings. The van der Waals surface area contributed by atoms with Crippen LogP contribution in [0.3, 0.4) is 0 Å². The number of imide groups is 1. The molecule has 0 saturated heterocycles. The van der Waals surface area contributed by atoms with E-state index in [1.165, 1.54) is 0 Å². The predicted molar refractivity (Wildman–Crippen MR) is 73.4 cm³/mol. The van der Waals surface area contributed by atoms with E-state index in [1.54, 1.807) is 24.3 Å². The first kappa shape index (κ1) is 15.3. The Morgan fingerprint density at radius 2 is 1.95 bits per heavy atom. The van der Waals surface area contributed by atoms with Gasteiger partial charge in [0.05, 0.1) is 0 Å². The normalized spacial score (nSPS) is 9.79. The Kier molecular flexibility index (Phi) is 6.74. The number of unbranched alkanes of at least 4 members (excludes halogenated alkanes) is 1. The number of hydrogen-bond acceptors (Lipinski definition) is 3. The lowest BCUT2D eigenvalue weighted by molar-refractivity contribution is -0.122. The second kappa shape index (κ2) is 8.37. The van der Waals surface area contributed by atoms with Gasteiger partial charge in [-0.15, -0.1) is 0 Å². The van der Waals surface area contributed by atoms with E-state index < -0.39 is 11.9 Å². The highest BCUT2D eigenvalue weighted by Gasteiger charge is 2.07. The van der Waals surface area contributed by atoms with Gasteiger partial charge in [0.15, 0.2) is 6.61 Å². The van der Waals surface area contributed by atoms with Crippen LogP contribution in [0.4, 0.5) is 4.79 Å². The molecule has 0 saturated carbocycles. The third-order valence-corrected chi connectivity index (χ3v) is 2.50. The van der Waals surface area contributed by atoms with Crippen LogP contribution >= 0.6 is 11.6 Å². The number of benzene rings is 1. The summed E-state index contributed by atoms with van der Waals surface area (Å²) in [7, 11) is 0. The first-order valence-corrected chi connectivity index (χ1v) is 6.45. The number of rotatable bonds is 6. The van der Waals surface area contributed by atoms with Gasteiger partial charge in [0.25, 0.3) is 5.91 Å². The number of halogens is 1. The standard InChI is InChI=1S/C13H17ClN2O3/c1-2-3-8-15-13(18)16-12(17)9-19-11-6-4-10(14)5-7-11/h4-7H,2-3,8-9H2,1H3,(H2,15,16,17,18). The van der Waals surface area contributed by atoms with Gasteiger partial charge in [0.2, 0.25) is 0 Å². The Morgan fingerprint density at radius 3 is 2.58 bits per heavy atom. The van der Waals surface area contributed by atoms with E-state index >= 15 is 0 Å². The van der Waals surface area contributed by atoms with Gasteiger partial charge in [-0.25, -0.2) is 4.79 Å². The number of amides is 3. The van der Waals surface area contributed by atoms with Crippen molar-refractivity contribution in [2.24, 2.45) is 0 Å². The summed E-state index contributed by atoms with van der Waals surface area (Å²) in [6.45, 7) is 2.35. The summed E-state index contributed by atoms with van der Waals surface area (Å²) < 4.78 is 5.20. The van der Waals surface area contributed by atoms with Crippen LogP contribution in [0.25, 0.3) is 0 Å². The van der Waals surface area contributed by atoms with Gasteiger partial charge in [0.1, 0.15) is 5.75 Å². The van der Waals surface area contributed by atoms with E-state index in [-0.39, 0.29) is 6.61 Å². The molecule has 0 atom stereocenters. The average Bonchev–Trinajstić information content (AvgIpc) is 2.38. The summed E-state index contributed by atoms with van der Waals surface area (Å²) in [6, 6.07) is 6.12. The minimum atomic E-state index is -0.502. The molecule has 0 aliphatic rings. The highest BCUT2D eigenvalue weighted by atomic mass is 35.5.